The highest BCUT2D eigenvalue weighted by Gasteiger charge is 2.23. The zero-order valence-corrected chi connectivity index (χ0v) is 19.8. The summed E-state index contributed by atoms with van der Waals surface area (Å²) in [5.74, 6) is 2.06. The third kappa shape index (κ3) is 4.75. The summed E-state index contributed by atoms with van der Waals surface area (Å²) in [7, 11) is 4.74. The Balaban J connectivity index is 1.75. The number of ether oxygens (including phenoxy) is 3. The summed E-state index contributed by atoms with van der Waals surface area (Å²) in [5, 5.41) is 4.10. The quantitative estimate of drug-likeness (QED) is 0.508. The van der Waals surface area contributed by atoms with Gasteiger partial charge in [0.1, 0.15) is 0 Å². The molecule has 1 aliphatic rings. The van der Waals surface area contributed by atoms with Gasteiger partial charge in [-0.2, -0.15) is 0 Å². The number of aromatic nitrogens is 1. The number of hydrogen-bond acceptors (Lipinski definition) is 5. The van der Waals surface area contributed by atoms with Crippen LogP contribution in [0.25, 0.3) is 22.2 Å². The van der Waals surface area contributed by atoms with Crippen molar-refractivity contribution < 1.29 is 19.0 Å². The Morgan fingerprint density at radius 2 is 1.64 bits per heavy atom. The van der Waals surface area contributed by atoms with Crippen LogP contribution in [0.5, 0.6) is 17.2 Å². The monoisotopic (exact) mass is 448 g/mol. The number of fused-ring (bicyclic) bond motifs is 1. The highest BCUT2D eigenvalue weighted by molar-refractivity contribution is 6.07. The van der Waals surface area contributed by atoms with Crippen LogP contribution in [-0.4, -0.2) is 38.3 Å². The summed E-state index contributed by atoms with van der Waals surface area (Å²) in [6.07, 6.45) is 6.14. The number of nitrogens with one attached hydrogen (secondary N) is 1. The van der Waals surface area contributed by atoms with Crippen molar-refractivity contribution in [1.29, 1.82) is 0 Å². The van der Waals surface area contributed by atoms with Crippen LogP contribution in [0, 0.1) is 5.92 Å². The van der Waals surface area contributed by atoms with E-state index in [-0.39, 0.29) is 11.9 Å². The Morgan fingerprint density at radius 3 is 2.27 bits per heavy atom. The molecule has 0 saturated heterocycles. The molecular formula is C27H32N2O4. The summed E-state index contributed by atoms with van der Waals surface area (Å²) in [6, 6.07) is 13.4. The van der Waals surface area contributed by atoms with Gasteiger partial charge in [-0.25, -0.2) is 4.98 Å². The first-order valence-corrected chi connectivity index (χ1v) is 11.6. The Kier molecular flexibility index (Phi) is 7.02. The van der Waals surface area contributed by atoms with E-state index in [4.69, 9.17) is 19.2 Å². The molecule has 3 aromatic rings. The third-order valence-corrected chi connectivity index (χ3v) is 6.64. The summed E-state index contributed by atoms with van der Waals surface area (Å²) in [4.78, 5) is 18.3. The van der Waals surface area contributed by atoms with E-state index in [9.17, 15) is 4.79 Å². The Bertz CT molecular complexity index is 1110. The van der Waals surface area contributed by atoms with E-state index in [1.807, 2.05) is 42.5 Å². The third-order valence-electron chi connectivity index (χ3n) is 6.64. The molecule has 1 N–H and O–H groups in total. The van der Waals surface area contributed by atoms with Crippen LogP contribution < -0.4 is 19.5 Å². The van der Waals surface area contributed by atoms with Crippen LogP contribution in [0.2, 0.25) is 0 Å². The molecule has 1 atom stereocenters. The zero-order valence-electron chi connectivity index (χ0n) is 19.8. The minimum Gasteiger partial charge on any atom is -0.493 e. The number of para-hydroxylation sites is 1. The number of methoxy groups -OCH3 is 3. The van der Waals surface area contributed by atoms with Crippen LogP contribution >= 0.6 is 0 Å². The van der Waals surface area contributed by atoms with Gasteiger partial charge in [0.25, 0.3) is 5.91 Å². The van der Waals surface area contributed by atoms with Crippen molar-refractivity contribution in [3.8, 4) is 28.5 Å². The molecule has 0 radical (unpaired) electrons. The lowest BCUT2D eigenvalue weighted by Crippen LogP contribution is -2.39. The molecule has 0 bridgehead atoms. The molecule has 1 aromatic heterocycles. The van der Waals surface area contributed by atoms with Crippen molar-refractivity contribution >= 4 is 16.8 Å². The molecule has 6 heteroatoms. The Labute approximate surface area is 195 Å². The minimum atomic E-state index is -0.0691. The summed E-state index contributed by atoms with van der Waals surface area (Å²) >= 11 is 0. The second kappa shape index (κ2) is 10.1. The summed E-state index contributed by atoms with van der Waals surface area (Å²) < 4.78 is 16.5. The second-order valence-electron chi connectivity index (χ2n) is 8.65. The topological polar surface area (TPSA) is 69.7 Å². The molecule has 33 heavy (non-hydrogen) atoms. The van der Waals surface area contributed by atoms with Gasteiger partial charge in [0.15, 0.2) is 11.5 Å². The Morgan fingerprint density at radius 1 is 0.970 bits per heavy atom. The molecule has 1 saturated carbocycles. The number of amides is 1. The van der Waals surface area contributed by atoms with Gasteiger partial charge >= 0.3 is 0 Å². The maximum Gasteiger partial charge on any atom is 0.252 e. The van der Waals surface area contributed by atoms with Crippen molar-refractivity contribution in [2.75, 3.05) is 21.3 Å². The molecule has 1 aliphatic carbocycles. The van der Waals surface area contributed by atoms with Crippen LogP contribution in [-0.2, 0) is 0 Å². The molecule has 4 rings (SSSR count). The van der Waals surface area contributed by atoms with Crippen LogP contribution in [0.15, 0.2) is 42.5 Å². The van der Waals surface area contributed by atoms with Crippen molar-refractivity contribution in [3.63, 3.8) is 0 Å². The van der Waals surface area contributed by atoms with Crippen molar-refractivity contribution in [2.45, 2.75) is 45.1 Å². The fourth-order valence-corrected chi connectivity index (χ4v) is 4.78. The second-order valence-corrected chi connectivity index (χ2v) is 8.65. The smallest absolute Gasteiger partial charge is 0.252 e. The van der Waals surface area contributed by atoms with Gasteiger partial charge in [-0.05, 0) is 49.9 Å². The maximum atomic E-state index is 13.4. The largest absolute Gasteiger partial charge is 0.493 e. The average Bonchev–Trinajstić information content (AvgIpc) is 2.87. The average molecular weight is 449 g/mol. The highest BCUT2D eigenvalue weighted by atomic mass is 16.5. The number of rotatable bonds is 7. The van der Waals surface area contributed by atoms with Gasteiger partial charge in [-0.3, -0.25) is 4.79 Å². The van der Waals surface area contributed by atoms with Crippen molar-refractivity contribution in [1.82, 2.24) is 10.3 Å². The predicted octanol–water partition coefficient (Wildman–Crippen LogP) is 5.63. The fourth-order valence-electron chi connectivity index (χ4n) is 4.78. The van der Waals surface area contributed by atoms with Crippen LogP contribution in [0.4, 0.5) is 0 Å². The highest BCUT2D eigenvalue weighted by Crippen LogP contribution is 2.41. The molecule has 1 fully saturated rings. The van der Waals surface area contributed by atoms with E-state index in [1.54, 1.807) is 21.3 Å². The van der Waals surface area contributed by atoms with Gasteiger partial charge < -0.3 is 19.5 Å². The molecule has 6 nitrogen and oxygen atoms in total. The van der Waals surface area contributed by atoms with Crippen LogP contribution in [0.3, 0.4) is 0 Å². The first kappa shape index (κ1) is 22.9. The number of hydrogen-bond donors (Lipinski definition) is 1. The van der Waals surface area contributed by atoms with Gasteiger partial charge in [0.2, 0.25) is 5.75 Å². The van der Waals surface area contributed by atoms with Gasteiger partial charge in [0, 0.05) is 17.0 Å². The molecule has 0 spiro atoms. The molecule has 1 amide bonds. The van der Waals surface area contributed by atoms with Crippen molar-refractivity contribution in [3.05, 3.63) is 48.0 Å². The first-order chi connectivity index (χ1) is 16.0. The number of nitrogens with zero attached hydrogens (tertiary/aromatic N) is 1. The molecule has 1 heterocycles. The van der Waals surface area contributed by atoms with E-state index in [0.29, 0.717) is 34.4 Å². The molecule has 1 unspecified atom stereocenters. The van der Waals surface area contributed by atoms with E-state index < -0.39 is 0 Å². The number of benzene rings is 2. The van der Waals surface area contributed by atoms with Crippen molar-refractivity contribution in [2.24, 2.45) is 5.92 Å². The minimum absolute atomic E-state index is 0.0691. The molecule has 0 aliphatic heterocycles. The first-order valence-electron chi connectivity index (χ1n) is 11.6. The number of carbonyl (C=O) groups excluding carboxylic acids is 1. The molecule has 174 valence electrons. The molecular weight excluding hydrogens is 416 g/mol. The van der Waals surface area contributed by atoms with Gasteiger partial charge in [-0.1, -0.05) is 37.5 Å². The van der Waals surface area contributed by atoms with E-state index in [1.165, 1.54) is 32.1 Å². The Hall–Kier alpha value is -3.28. The zero-order chi connectivity index (χ0) is 23.4. The molecule has 2 aromatic carbocycles. The summed E-state index contributed by atoms with van der Waals surface area (Å²) in [5.41, 5.74) is 2.83. The van der Waals surface area contributed by atoms with E-state index in [2.05, 4.69) is 12.2 Å². The van der Waals surface area contributed by atoms with Gasteiger partial charge in [-0.15, -0.1) is 0 Å². The SMILES string of the molecule is COc1cc(-c2cc(C(=O)NC(C)C3CCCCC3)c3ccccc3n2)cc(OC)c1OC. The fraction of sp³-hybridized carbons (Fsp3) is 0.407. The normalized spacial score (nSPS) is 15.2. The number of pyridine rings is 1. The van der Waals surface area contributed by atoms with E-state index >= 15 is 0 Å². The number of carbonyl (C=O) groups is 1. The standard InChI is InChI=1S/C27H32N2O4/c1-17(18-10-6-5-7-11-18)28-27(30)21-16-23(29-22-13-9-8-12-20(21)22)19-14-24(31-2)26(33-4)25(15-19)32-3/h8-9,12-18H,5-7,10-11H2,1-4H3,(H,28,30). The lowest BCUT2D eigenvalue weighted by Gasteiger charge is -2.28. The lowest BCUT2D eigenvalue weighted by molar-refractivity contribution is 0.0921. The lowest BCUT2D eigenvalue weighted by atomic mass is 9.84. The van der Waals surface area contributed by atoms with Gasteiger partial charge in [0.05, 0.1) is 38.1 Å². The van der Waals surface area contributed by atoms with Crippen LogP contribution in [0.1, 0.15) is 49.4 Å². The van der Waals surface area contributed by atoms with E-state index in [0.717, 1.165) is 16.5 Å². The maximum absolute atomic E-state index is 13.4. The summed E-state index contributed by atoms with van der Waals surface area (Å²) in [6.45, 7) is 2.12. The predicted molar refractivity (Wildman–Crippen MR) is 130 cm³/mol.